The Morgan fingerprint density at radius 2 is 1.90 bits per heavy atom. The molecule has 0 aromatic carbocycles. The maximum atomic E-state index is 2.44. The molecule has 0 aromatic heterocycles. The second-order valence-corrected chi connectivity index (χ2v) is 3.85. The van der Waals surface area contributed by atoms with E-state index in [1.54, 1.807) is 0 Å². The monoisotopic (exact) mass is 132 g/mol. The van der Waals surface area contributed by atoms with Gasteiger partial charge in [-0.05, 0) is 36.5 Å². The topological polar surface area (TPSA) is 0 Å². The Morgan fingerprint density at radius 1 is 1.00 bits per heavy atom. The van der Waals surface area contributed by atoms with Crippen molar-refractivity contribution < 1.29 is 0 Å². The molecule has 0 unspecified atom stereocenters. The zero-order valence-corrected chi connectivity index (χ0v) is 6.03. The van der Waals surface area contributed by atoms with Crippen LogP contribution in [-0.4, -0.2) is 0 Å². The molecule has 0 N–H and O–H groups in total. The molecule has 0 heteroatoms. The van der Waals surface area contributed by atoms with Crippen LogP contribution in [0.3, 0.4) is 0 Å². The van der Waals surface area contributed by atoms with Gasteiger partial charge < -0.3 is 0 Å². The predicted molar refractivity (Wildman–Crippen MR) is 41.5 cm³/mol. The Labute approximate surface area is 61.6 Å². The first-order valence-corrected chi connectivity index (χ1v) is 4.30. The highest BCUT2D eigenvalue weighted by Gasteiger charge is 2.44. The fraction of sp³-hybridized carbons (Fsp3) is 0.600. The van der Waals surface area contributed by atoms with Crippen molar-refractivity contribution in [2.45, 2.75) is 12.8 Å². The molecule has 1 saturated carbocycles. The van der Waals surface area contributed by atoms with Crippen molar-refractivity contribution in [1.29, 1.82) is 0 Å². The molecule has 3 aliphatic carbocycles. The summed E-state index contributed by atoms with van der Waals surface area (Å²) in [7, 11) is 0. The molecule has 0 nitrogen and oxygen atoms in total. The standard InChI is InChI=1S/C10H12/c1-2-9-7-4-5-8(6-7)10(9)3-1/h1-2,4-5,7-10H,3,6H2/t7-,8+,9+,10+/m0/s1. The molecule has 1 fully saturated rings. The number of allylic oxidation sites excluding steroid dienone is 4. The minimum absolute atomic E-state index is 0.925. The summed E-state index contributed by atoms with van der Waals surface area (Å²) >= 11 is 0. The highest BCUT2D eigenvalue weighted by molar-refractivity contribution is 5.21. The quantitative estimate of drug-likeness (QED) is 0.444. The third-order valence-corrected chi connectivity index (χ3v) is 3.46. The van der Waals surface area contributed by atoms with E-state index in [-0.39, 0.29) is 0 Å². The summed E-state index contributed by atoms with van der Waals surface area (Å²) in [5.74, 6) is 3.82. The van der Waals surface area contributed by atoms with Gasteiger partial charge in [0, 0.05) is 0 Å². The van der Waals surface area contributed by atoms with E-state index in [4.69, 9.17) is 0 Å². The summed E-state index contributed by atoms with van der Waals surface area (Å²) in [4.78, 5) is 0. The molecule has 0 aromatic rings. The molecule has 0 amide bonds. The first kappa shape index (κ1) is 5.17. The summed E-state index contributed by atoms with van der Waals surface area (Å²) in [6, 6.07) is 0. The third kappa shape index (κ3) is 0.448. The SMILES string of the molecule is C1=C[C@H]2[C@H](C1)[C@@H]1C=C[C@H]2C1. The maximum Gasteiger partial charge on any atom is -0.0133 e. The van der Waals surface area contributed by atoms with Crippen LogP contribution in [0.25, 0.3) is 0 Å². The first-order valence-electron chi connectivity index (χ1n) is 4.30. The van der Waals surface area contributed by atoms with Gasteiger partial charge in [-0.15, -0.1) is 0 Å². The minimum Gasteiger partial charge on any atom is -0.0879 e. The molecule has 3 rings (SSSR count). The lowest BCUT2D eigenvalue weighted by molar-refractivity contribution is 0.398. The van der Waals surface area contributed by atoms with Gasteiger partial charge in [-0.1, -0.05) is 24.3 Å². The zero-order valence-electron chi connectivity index (χ0n) is 6.03. The fourth-order valence-electron chi connectivity index (χ4n) is 2.97. The molecule has 52 valence electrons. The van der Waals surface area contributed by atoms with Gasteiger partial charge in [-0.25, -0.2) is 0 Å². The second-order valence-electron chi connectivity index (χ2n) is 3.85. The molecule has 0 saturated heterocycles. The van der Waals surface area contributed by atoms with Crippen LogP contribution in [0.4, 0.5) is 0 Å². The van der Waals surface area contributed by atoms with Crippen molar-refractivity contribution in [1.82, 2.24) is 0 Å². The van der Waals surface area contributed by atoms with Crippen LogP contribution >= 0.6 is 0 Å². The molecule has 4 atom stereocenters. The molecular formula is C10H12. The summed E-state index contributed by atoms with van der Waals surface area (Å²) in [5.41, 5.74) is 0. The smallest absolute Gasteiger partial charge is 0.0133 e. The highest BCUT2D eigenvalue weighted by atomic mass is 14.5. The van der Waals surface area contributed by atoms with Crippen LogP contribution in [-0.2, 0) is 0 Å². The Morgan fingerprint density at radius 3 is 2.80 bits per heavy atom. The second kappa shape index (κ2) is 1.55. The lowest BCUT2D eigenvalue weighted by atomic mass is 9.86. The van der Waals surface area contributed by atoms with Gasteiger partial charge in [0.1, 0.15) is 0 Å². The van der Waals surface area contributed by atoms with E-state index in [0.717, 1.165) is 23.7 Å². The van der Waals surface area contributed by atoms with Crippen LogP contribution in [0.1, 0.15) is 12.8 Å². The van der Waals surface area contributed by atoms with Crippen LogP contribution in [0.2, 0.25) is 0 Å². The van der Waals surface area contributed by atoms with Gasteiger partial charge in [-0.2, -0.15) is 0 Å². The summed E-state index contributed by atoms with van der Waals surface area (Å²) < 4.78 is 0. The van der Waals surface area contributed by atoms with Gasteiger partial charge >= 0.3 is 0 Å². The number of fused-ring (bicyclic) bond motifs is 5. The van der Waals surface area contributed by atoms with Crippen molar-refractivity contribution in [2.24, 2.45) is 23.7 Å². The predicted octanol–water partition coefficient (Wildman–Crippen LogP) is 2.38. The third-order valence-electron chi connectivity index (χ3n) is 3.46. The summed E-state index contributed by atoms with van der Waals surface area (Å²) in [5, 5.41) is 0. The average Bonchev–Trinajstić information content (AvgIpc) is 2.60. The van der Waals surface area contributed by atoms with Gasteiger partial charge in [0.15, 0.2) is 0 Å². The highest BCUT2D eigenvalue weighted by Crippen LogP contribution is 2.52. The molecule has 0 aliphatic heterocycles. The van der Waals surface area contributed by atoms with E-state index in [1.807, 2.05) is 0 Å². The molecule has 0 heterocycles. The molecule has 0 spiro atoms. The minimum atomic E-state index is 0.925. The molecule has 2 bridgehead atoms. The van der Waals surface area contributed by atoms with Crippen molar-refractivity contribution >= 4 is 0 Å². The van der Waals surface area contributed by atoms with Crippen molar-refractivity contribution in [3.05, 3.63) is 24.3 Å². The van der Waals surface area contributed by atoms with Crippen molar-refractivity contribution in [2.75, 3.05) is 0 Å². The van der Waals surface area contributed by atoms with E-state index in [0.29, 0.717) is 0 Å². The van der Waals surface area contributed by atoms with Gasteiger partial charge in [0.25, 0.3) is 0 Å². The van der Waals surface area contributed by atoms with Crippen LogP contribution < -0.4 is 0 Å². The largest absolute Gasteiger partial charge is 0.0879 e. The fourth-order valence-corrected chi connectivity index (χ4v) is 2.97. The van der Waals surface area contributed by atoms with Gasteiger partial charge in [0.2, 0.25) is 0 Å². The van der Waals surface area contributed by atoms with E-state index >= 15 is 0 Å². The normalized spacial score (nSPS) is 54.4. The van der Waals surface area contributed by atoms with E-state index in [9.17, 15) is 0 Å². The zero-order chi connectivity index (χ0) is 6.55. The van der Waals surface area contributed by atoms with Gasteiger partial charge in [0.05, 0.1) is 0 Å². The molecular weight excluding hydrogens is 120 g/mol. The average molecular weight is 132 g/mol. The Balaban J connectivity index is 2.04. The van der Waals surface area contributed by atoms with Crippen LogP contribution in [0, 0.1) is 23.7 Å². The first-order chi connectivity index (χ1) is 4.95. The lowest BCUT2D eigenvalue weighted by Crippen LogP contribution is -2.12. The van der Waals surface area contributed by atoms with Crippen LogP contribution in [0.15, 0.2) is 24.3 Å². The number of rotatable bonds is 0. The number of hydrogen-bond acceptors (Lipinski definition) is 0. The summed E-state index contributed by atoms with van der Waals surface area (Å²) in [6.45, 7) is 0. The molecule has 10 heavy (non-hydrogen) atoms. The maximum absolute atomic E-state index is 2.44. The van der Waals surface area contributed by atoms with Crippen LogP contribution in [0.5, 0.6) is 0 Å². The Bertz CT molecular complexity index is 212. The van der Waals surface area contributed by atoms with E-state index in [2.05, 4.69) is 24.3 Å². The Hall–Kier alpha value is -0.520. The molecule has 0 radical (unpaired) electrons. The van der Waals surface area contributed by atoms with Gasteiger partial charge in [-0.3, -0.25) is 0 Å². The van der Waals surface area contributed by atoms with E-state index < -0.39 is 0 Å². The molecule has 3 aliphatic rings. The van der Waals surface area contributed by atoms with Crippen molar-refractivity contribution in [3.8, 4) is 0 Å². The summed E-state index contributed by atoms with van der Waals surface area (Å²) in [6.07, 6.45) is 12.5. The lowest BCUT2D eigenvalue weighted by Gasteiger charge is -2.18. The van der Waals surface area contributed by atoms with Crippen molar-refractivity contribution in [3.63, 3.8) is 0 Å². The Kier molecular flexibility index (Phi) is 0.803. The van der Waals surface area contributed by atoms with E-state index in [1.165, 1.54) is 12.8 Å². The number of hydrogen-bond donors (Lipinski definition) is 0.